The van der Waals surface area contributed by atoms with Crippen LogP contribution in [0.4, 0.5) is 0 Å². The molecule has 3 N–H and O–H groups in total. The van der Waals surface area contributed by atoms with E-state index in [0.717, 1.165) is 5.56 Å². The predicted octanol–water partition coefficient (Wildman–Crippen LogP) is 3.50. The molecular weight excluding hydrogens is 315 g/mol. The number of thiocarbonyl (C=S) groups is 1. The van der Waals surface area contributed by atoms with Crippen LogP contribution in [0.3, 0.4) is 0 Å². The van der Waals surface area contributed by atoms with E-state index in [-0.39, 0.29) is 12.3 Å². The van der Waals surface area contributed by atoms with Crippen LogP contribution in [-0.2, 0) is 11.2 Å². The molecule has 1 aromatic rings. The molecule has 0 fully saturated rings. The number of nitrogens with two attached hydrogens (primary N) is 1. The maximum absolute atomic E-state index is 12.1. The number of amides is 1. The highest BCUT2D eigenvalue weighted by atomic mass is 35.5. The van der Waals surface area contributed by atoms with Crippen LogP contribution in [0.2, 0.25) is 10.0 Å². The fourth-order valence-corrected chi connectivity index (χ4v) is 2.64. The first-order valence-electron chi connectivity index (χ1n) is 6.39. The lowest BCUT2D eigenvalue weighted by atomic mass is 9.92. The topological polar surface area (TPSA) is 55.1 Å². The summed E-state index contributed by atoms with van der Waals surface area (Å²) in [7, 11) is 0. The van der Waals surface area contributed by atoms with E-state index in [1.807, 2.05) is 13.8 Å². The Labute approximate surface area is 134 Å². The first-order chi connectivity index (χ1) is 9.34. The maximum atomic E-state index is 12.1. The van der Waals surface area contributed by atoms with Gasteiger partial charge in [-0.25, -0.2) is 0 Å². The molecule has 0 saturated heterocycles. The van der Waals surface area contributed by atoms with E-state index < -0.39 is 5.54 Å². The van der Waals surface area contributed by atoms with Gasteiger partial charge in [0.1, 0.15) is 0 Å². The first-order valence-corrected chi connectivity index (χ1v) is 7.56. The van der Waals surface area contributed by atoms with E-state index in [0.29, 0.717) is 27.9 Å². The summed E-state index contributed by atoms with van der Waals surface area (Å²) >= 11 is 16.8. The smallest absolute Gasteiger partial charge is 0.225 e. The monoisotopic (exact) mass is 332 g/mol. The molecule has 110 valence electrons. The van der Waals surface area contributed by atoms with Gasteiger partial charge in [0.25, 0.3) is 0 Å². The van der Waals surface area contributed by atoms with Crippen molar-refractivity contribution in [1.82, 2.24) is 5.32 Å². The number of halogens is 2. The van der Waals surface area contributed by atoms with Crippen LogP contribution in [0.15, 0.2) is 18.2 Å². The van der Waals surface area contributed by atoms with Crippen molar-refractivity contribution in [3.05, 3.63) is 33.8 Å². The van der Waals surface area contributed by atoms with Crippen LogP contribution < -0.4 is 11.1 Å². The standard InChI is InChI=1S/C14H18Cl2N2OS/c1-3-14(4-2,13(17)20)18-12(19)8-9-5-6-10(15)11(16)7-9/h5-7H,3-4,8H2,1-2H3,(H2,17,20)(H,18,19). The average molecular weight is 333 g/mol. The Bertz CT molecular complexity index is 516. The molecule has 0 aliphatic heterocycles. The number of carbonyl (C=O) groups is 1. The van der Waals surface area contributed by atoms with Gasteiger partial charge in [-0.1, -0.05) is 55.3 Å². The summed E-state index contributed by atoms with van der Waals surface area (Å²) in [6, 6.07) is 5.13. The van der Waals surface area contributed by atoms with E-state index in [1.54, 1.807) is 18.2 Å². The van der Waals surface area contributed by atoms with Crippen LogP contribution in [0.1, 0.15) is 32.3 Å². The fraction of sp³-hybridized carbons (Fsp3) is 0.429. The second-order valence-corrected chi connectivity index (χ2v) is 5.88. The highest BCUT2D eigenvalue weighted by molar-refractivity contribution is 7.80. The van der Waals surface area contributed by atoms with Crippen molar-refractivity contribution in [3.8, 4) is 0 Å². The molecule has 1 amide bonds. The van der Waals surface area contributed by atoms with Gasteiger partial charge < -0.3 is 11.1 Å². The van der Waals surface area contributed by atoms with Crippen molar-refractivity contribution in [1.29, 1.82) is 0 Å². The van der Waals surface area contributed by atoms with Gasteiger partial charge >= 0.3 is 0 Å². The maximum Gasteiger partial charge on any atom is 0.225 e. The molecule has 6 heteroatoms. The third-order valence-corrected chi connectivity index (χ3v) is 4.54. The Hall–Kier alpha value is -0.840. The van der Waals surface area contributed by atoms with Gasteiger partial charge in [-0.2, -0.15) is 0 Å². The van der Waals surface area contributed by atoms with Crippen molar-refractivity contribution in [2.24, 2.45) is 5.73 Å². The van der Waals surface area contributed by atoms with Crippen molar-refractivity contribution in [3.63, 3.8) is 0 Å². The summed E-state index contributed by atoms with van der Waals surface area (Å²) in [6.45, 7) is 3.89. The lowest BCUT2D eigenvalue weighted by Gasteiger charge is -2.31. The van der Waals surface area contributed by atoms with Gasteiger partial charge in [0.15, 0.2) is 0 Å². The summed E-state index contributed by atoms with van der Waals surface area (Å²) < 4.78 is 0. The molecule has 0 atom stereocenters. The molecule has 0 radical (unpaired) electrons. The molecule has 1 aromatic carbocycles. The summed E-state index contributed by atoms with van der Waals surface area (Å²) in [5, 5.41) is 3.83. The summed E-state index contributed by atoms with van der Waals surface area (Å²) in [4.78, 5) is 12.5. The van der Waals surface area contributed by atoms with Gasteiger partial charge in [-0.3, -0.25) is 4.79 Å². The van der Waals surface area contributed by atoms with E-state index >= 15 is 0 Å². The zero-order valence-corrected chi connectivity index (χ0v) is 13.8. The minimum atomic E-state index is -0.622. The molecule has 0 saturated carbocycles. The SMILES string of the molecule is CCC(CC)(NC(=O)Cc1ccc(Cl)c(Cl)c1)C(N)=S. The summed E-state index contributed by atoms with van der Waals surface area (Å²) in [5.74, 6) is -0.139. The highest BCUT2D eigenvalue weighted by Crippen LogP contribution is 2.23. The van der Waals surface area contributed by atoms with Crippen molar-refractivity contribution >= 4 is 46.3 Å². The average Bonchev–Trinajstić information content (AvgIpc) is 2.40. The largest absolute Gasteiger partial charge is 0.391 e. The molecule has 0 aliphatic carbocycles. The third-order valence-electron chi connectivity index (χ3n) is 3.41. The minimum absolute atomic E-state index is 0.139. The van der Waals surface area contributed by atoms with Crippen LogP contribution in [0.5, 0.6) is 0 Å². The number of carbonyl (C=O) groups excluding carboxylic acids is 1. The molecule has 0 bridgehead atoms. The van der Waals surface area contributed by atoms with Crippen LogP contribution in [-0.4, -0.2) is 16.4 Å². The minimum Gasteiger partial charge on any atom is -0.391 e. The van der Waals surface area contributed by atoms with E-state index in [9.17, 15) is 4.79 Å². The highest BCUT2D eigenvalue weighted by Gasteiger charge is 2.31. The molecule has 0 aliphatic rings. The zero-order chi connectivity index (χ0) is 15.3. The van der Waals surface area contributed by atoms with Crippen molar-refractivity contribution in [2.75, 3.05) is 0 Å². The second-order valence-electron chi connectivity index (χ2n) is 4.63. The number of hydrogen-bond acceptors (Lipinski definition) is 2. The van der Waals surface area contributed by atoms with Gasteiger partial charge in [-0.15, -0.1) is 0 Å². The Morgan fingerprint density at radius 1 is 1.30 bits per heavy atom. The Kier molecular flexibility index (Phi) is 6.24. The molecule has 1 rings (SSSR count). The Morgan fingerprint density at radius 2 is 1.90 bits per heavy atom. The molecule has 20 heavy (non-hydrogen) atoms. The molecule has 0 heterocycles. The Morgan fingerprint density at radius 3 is 2.35 bits per heavy atom. The third kappa shape index (κ3) is 4.08. The van der Waals surface area contributed by atoms with Gasteiger partial charge in [0.2, 0.25) is 5.91 Å². The summed E-state index contributed by atoms with van der Waals surface area (Å²) in [6.07, 6.45) is 1.53. The first kappa shape index (κ1) is 17.2. The quantitative estimate of drug-likeness (QED) is 0.784. The number of nitrogens with one attached hydrogen (secondary N) is 1. The lowest BCUT2D eigenvalue weighted by molar-refractivity contribution is -0.121. The number of rotatable bonds is 6. The molecule has 0 aromatic heterocycles. The van der Waals surface area contributed by atoms with Gasteiger partial charge in [0.05, 0.1) is 27.0 Å². The Balaban J connectivity index is 2.80. The molecule has 0 unspecified atom stereocenters. The molecule has 0 spiro atoms. The van der Waals surface area contributed by atoms with Crippen LogP contribution in [0.25, 0.3) is 0 Å². The molecular formula is C14H18Cl2N2OS. The van der Waals surface area contributed by atoms with Crippen molar-refractivity contribution < 1.29 is 4.79 Å². The molecule has 3 nitrogen and oxygen atoms in total. The van der Waals surface area contributed by atoms with Crippen molar-refractivity contribution in [2.45, 2.75) is 38.6 Å². The number of benzene rings is 1. The van der Waals surface area contributed by atoms with Crippen LogP contribution >= 0.6 is 35.4 Å². The normalized spacial score (nSPS) is 11.2. The van der Waals surface area contributed by atoms with E-state index in [4.69, 9.17) is 41.2 Å². The van der Waals surface area contributed by atoms with Gasteiger partial charge in [0, 0.05) is 0 Å². The summed E-state index contributed by atoms with van der Waals surface area (Å²) in [5.41, 5.74) is 5.93. The second kappa shape index (κ2) is 7.25. The van der Waals surface area contributed by atoms with E-state index in [2.05, 4.69) is 5.32 Å². The van der Waals surface area contributed by atoms with Gasteiger partial charge in [-0.05, 0) is 30.5 Å². The number of hydrogen-bond donors (Lipinski definition) is 2. The van der Waals surface area contributed by atoms with E-state index in [1.165, 1.54) is 0 Å². The fourth-order valence-electron chi connectivity index (χ4n) is 1.98. The zero-order valence-electron chi connectivity index (χ0n) is 11.5. The lowest BCUT2D eigenvalue weighted by Crippen LogP contribution is -2.56. The van der Waals surface area contributed by atoms with Crippen LogP contribution in [0, 0.1) is 0 Å². The predicted molar refractivity (Wildman–Crippen MR) is 88.4 cm³/mol.